The second kappa shape index (κ2) is 7.53. The Morgan fingerprint density at radius 3 is 2.70 bits per heavy atom. The van der Waals surface area contributed by atoms with Crippen molar-refractivity contribution in [3.63, 3.8) is 0 Å². The number of H-pyrrole nitrogens is 1. The Hall–Kier alpha value is -3.28. The first-order valence-corrected chi connectivity index (χ1v) is 8.98. The third-order valence-corrected chi connectivity index (χ3v) is 4.70. The summed E-state index contributed by atoms with van der Waals surface area (Å²) in [6, 6.07) is 11.8. The Balaban J connectivity index is 1.59. The molecule has 136 valence electrons. The minimum atomic E-state index is 0.146. The van der Waals surface area contributed by atoms with Gasteiger partial charge in [0.1, 0.15) is 17.1 Å². The summed E-state index contributed by atoms with van der Waals surface area (Å²) >= 11 is 0. The van der Waals surface area contributed by atoms with Crippen molar-refractivity contribution in [2.24, 2.45) is 0 Å². The highest BCUT2D eigenvalue weighted by molar-refractivity contribution is 5.75. The number of nitrogens with zero attached hydrogens (tertiary/aromatic N) is 4. The Morgan fingerprint density at radius 2 is 1.89 bits per heavy atom. The van der Waals surface area contributed by atoms with Crippen LogP contribution < -0.4 is 4.74 Å². The summed E-state index contributed by atoms with van der Waals surface area (Å²) in [7, 11) is 1.66. The Bertz CT molecular complexity index is 1040. The number of fused-ring (bicyclic) bond motifs is 1. The molecule has 1 unspecified atom stereocenters. The standard InChI is InChI=1S/C21H21N5O/c1-14(18-5-3-4-10-23-18)17-9-12-24-21-20(17)25-19(26-21)7-6-15-13-16(27-2)8-11-22-15/h3-5,8-14H,6-7H2,1-2H3,(H,24,25,26). The molecule has 4 aromatic heterocycles. The molecular weight excluding hydrogens is 338 g/mol. The number of imidazole rings is 1. The van der Waals surface area contributed by atoms with Gasteiger partial charge >= 0.3 is 0 Å². The topological polar surface area (TPSA) is 76.6 Å². The number of aryl methyl sites for hydroxylation is 2. The monoisotopic (exact) mass is 359 g/mol. The molecular formula is C21H21N5O. The highest BCUT2D eigenvalue weighted by Gasteiger charge is 2.16. The van der Waals surface area contributed by atoms with E-state index in [1.807, 2.05) is 48.8 Å². The van der Waals surface area contributed by atoms with E-state index in [2.05, 4.69) is 26.9 Å². The molecule has 0 saturated carbocycles. The number of nitrogens with one attached hydrogen (secondary N) is 1. The van der Waals surface area contributed by atoms with Crippen LogP contribution >= 0.6 is 0 Å². The molecule has 0 saturated heterocycles. The third kappa shape index (κ3) is 3.65. The highest BCUT2D eigenvalue weighted by Crippen LogP contribution is 2.27. The lowest BCUT2D eigenvalue weighted by Gasteiger charge is -2.11. The van der Waals surface area contributed by atoms with Gasteiger partial charge < -0.3 is 9.72 Å². The van der Waals surface area contributed by atoms with E-state index in [1.165, 1.54) is 0 Å². The number of pyridine rings is 3. The Morgan fingerprint density at radius 1 is 1.00 bits per heavy atom. The normalized spacial score (nSPS) is 12.2. The molecule has 6 nitrogen and oxygen atoms in total. The van der Waals surface area contributed by atoms with Crippen molar-refractivity contribution in [2.45, 2.75) is 25.7 Å². The predicted octanol–water partition coefficient (Wildman–Crippen LogP) is 3.69. The van der Waals surface area contributed by atoms with E-state index in [-0.39, 0.29) is 5.92 Å². The molecule has 4 heterocycles. The number of hydrogen-bond donors (Lipinski definition) is 1. The van der Waals surface area contributed by atoms with Crippen molar-refractivity contribution in [1.29, 1.82) is 0 Å². The molecule has 0 bridgehead atoms. The van der Waals surface area contributed by atoms with Crippen LogP contribution in [0.3, 0.4) is 0 Å². The van der Waals surface area contributed by atoms with Gasteiger partial charge in [0.25, 0.3) is 0 Å². The quantitative estimate of drug-likeness (QED) is 0.568. The highest BCUT2D eigenvalue weighted by atomic mass is 16.5. The molecule has 0 radical (unpaired) electrons. The van der Waals surface area contributed by atoms with Crippen molar-refractivity contribution in [3.05, 3.63) is 77.8 Å². The molecule has 4 rings (SSSR count). The fourth-order valence-corrected chi connectivity index (χ4v) is 3.20. The molecule has 27 heavy (non-hydrogen) atoms. The fourth-order valence-electron chi connectivity index (χ4n) is 3.20. The zero-order chi connectivity index (χ0) is 18.6. The molecule has 0 aliphatic rings. The smallest absolute Gasteiger partial charge is 0.157 e. The summed E-state index contributed by atoms with van der Waals surface area (Å²) in [5.41, 5.74) is 4.84. The Labute approximate surface area is 157 Å². The lowest BCUT2D eigenvalue weighted by molar-refractivity contribution is 0.413. The fraction of sp³-hybridized carbons (Fsp3) is 0.238. The molecule has 0 spiro atoms. The lowest BCUT2D eigenvalue weighted by Crippen LogP contribution is -2.00. The predicted molar refractivity (Wildman–Crippen MR) is 104 cm³/mol. The third-order valence-electron chi connectivity index (χ3n) is 4.70. The minimum Gasteiger partial charge on any atom is -0.497 e. The number of aromatic amines is 1. The van der Waals surface area contributed by atoms with Crippen LogP contribution in [-0.4, -0.2) is 32.0 Å². The van der Waals surface area contributed by atoms with E-state index in [1.54, 1.807) is 13.3 Å². The van der Waals surface area contributed by atoms with Crippen LogP contribution in [0.15, 0.2) is 55.0 Å². The van der Waals surface area contributed by atoms with Gasteiger partial charge in [-0.05, 0) is 36.2 Å². The lowest BCUT2D eigenvalue weighted by atomic mass is 9.97. The molecule has 0 aliphatic heterocycles. The molecule has 0 aliphatic carbocycles. The molecule has 6 heteroatoms. The second-order valence-corrected chi connectivity index (χ2v) is 6.44. The zero-order valence-electron chi connectivity index (χ0n) is 15.4. The van der Waals surface area contributed by atoms with Gasteiger partial charge in [-0.2, -0.15) is 0 Å². The molecule has 1 N–H and O–H groups in total. The number of aromatic nitrogens is 5. The number of ether oxygens (including phenoxy) is 1. The maximum atomic E-state index is 5.26. The van der Waals surface area contributed by atoms with Crippen LogP contribution in [0.25, 0.3) is 11.2 Å². The van der Waals surface area contributed by atoms with Crippen LogP contribution in [0.5, 0.6) is 5.75 Å². The van der Waals surface area contributed by atoms with Crippen LogP contribution in [-0.2, 0) is 12.8 Å². The molecule has 0 amide bonds. The first-order valence-electron chi connectivity index (χ1n) is 8.98. The average Bonchev–Trinajstić information content (AvgIpc) is 3.15. The summed E-state index contributed by atoms with van der Waals surface area (Å²) in [5, 5.41) is 0. The van der Waals surface area contributed by atoms with Gasteiger partial charge in [-0.1, -0.05) is 13.0 Å². The van der Waals surface area contributed by atoms with Crippen molar-refractivity contribution in [3.8, 4) is 5.75 Å². The van der Waals surface area contributed by atoms with E-state index in [4.69, 9.17) is 9.72 Å². The first kappa shape index (κ1) is 17.1. The SMILES string of the molecule is COc1ccnc(CCc2nc3c(C(C)c4ccccn4)ccnc3[nH]2)c1. The van der Waals surface area contributed by atoms with Crippen molar-refractivity contribution < 1.29 is 4.74 Å². The van der Waals surface area contributed by atoms with Crippen LogP contribution in [0.4, 0.5) is 0 Å². The van der Waals surface area contributed by atoms with E-state index in [0.29, 0.717) is 0 Å². The summed E-state index contributed by atoms with van der Waals surface area (Å²) < 4.78 is 5.26. The summed E-state index contributed by atoms with van der Waals surface area (Å²) in [5.74, 6) is 1.87. The van der Waals surface area contributed by atoms with Crippen LogP contribution in [0.1, 0.15) is 35.6 Å². The first-order chi connectivity index (χ1) is 13.2. The van der Waals surface area contributed by atoms with E-state index >= 15 is 0 Å². The van der Waals surface area contributed by atoms with Crippen molar-refractivity contribution >= 4 is 11.2 Å². The van der Waals surface area contributed by atoms with Gasteiger partial charge in [-0.15, -0.1) is 0 Å². The van der Waals surface area contributed by atoms with Crippen molar-refractivity contribution in [1.82, 2.24) is 24.9 Å². The van der Waals surface area contributed by atoms with Gasteiger partial charge in [-0.3, -0.25) is 9.97 Å². The Kier molecular flexibility index (Phi) is 4.78. The van der Waals surface area contributed by atoms with Gasteiger partial charge in [-0.25, -0.2) is 9.97 Å². The second-order valence-electron chi connectivity index (χ2n) is 6.44. The van der Waals surface area contributed by atoms with Gasteiger partial charge in [0.05, 0.1) is 7.11 Å². The zero-order valence-corrected chi connectivity index (χ0v) is 15.4. The van der Waals surface area contributed by atoms with Gasteiger partial charge in [0.15, 0.2) is 5.65 Å². The summed E-state index contributed by atoms with van der Waals surface area (Å²) in [4.78, 5) is 21.5. The molecule has 0 aromatic carbocycles. The largest absolute Gasteiger partial charge is 0.497 e. The summed E-state index contributed by atoms with van der Waals surface area (Å²) in [6.45, 7) is 2.14. The molecule has 1 atom stereocenters. The van der Waals surface area contributed by atoms with Gasteiger partial charge in [0, 0.05) is 48.4 Å². The van der Waals surface area contributed by atoms with E-state index in [9.17, 15) is 0 Å². The number of hydrogen-bond acceptors (Lipinski definition) is 5. The average molecular weight is 359 g/mol. The van der Waals surface area contributed by atoms with Gasteiger partial charge in [0.2, 0.25) is 0 Å². The van der Waals surface area contributed by atoms with Crippen LogP contribution in [0.2, 0.25) is 0 Å². The number of rotatable bonds is 6. The van der Waals surface area contributed by atoms with E-state index < -0.39 is 0 Å². The number of methoxy groups -OCH3 is 1. The van der Waals surface area contributed by atoms with E-state index in [0.717, 1.165) is 52.5 Å². The molecule has 4 aromatic rings. The van der Waals surface area contributed by atoms with Crippen molar-refractivity contribution in [2.75, 3.05) is 7.11 Å². The summed E-state index contributed by atoms with van der Waals surface area (Å²) in [6.07, 6.45) is 6.95. The minimum absolute atomic E-state index is 0.146. The maximum Gasteiger partial charge on any atom is 0.157 e. The maximum absolute atomic E-state index is 5.26. The molecule has 0 fully saturated rings. The van der Waals surface area contributed by atoms with Crippen LogP contribution in [0, 0.1) is 0 Å².